The zero-order valence-electron chi connectivity index (χ0n) is 15.0. The molecule has 132 valence electrons. The van der Waals surface area contributed by atoms with E-state index in [1.807, 2.05) is 6.07 Å². The van der Waals surface area contributed by atoms with E-state index in [1.165, 1.54) is 16.6 Å². The molecule has 1 saturated carbocycles. The lowest BCUT2D eigenvalue weighted by Crippen LogP contribution is -2.38. The number of nitrogens with one attached hydrogen (secondary N) is 1. The van der Waals surface area contributed by atoms with Gasteiger partial charge in [0.1, 0.15) is 6.54 Å². The maximum atomic E-state index is 12.6. The summed E-state index contributed by atoms with van der Waals surface area (Å²) in [5.74, 6) is -0.0104. The first kappa shape index (κ1) is 17.5. The summed E-state index contributed by atoms with van der Waals surface area (Å²) in [4.78, 5) is 12.6. The summed E-state index contributed by atoms with van der Waals surface area (Å²) in [6.07, 6.45) is 7.56. The van der Waals surface area contributed by atoms with E-state index in [-0.39, 0.29) is 24.4 Å². The van der Waals surface area contributed by atoms with Crippen LogP contribution in [0.15, 0.2) is 30.3 Å². The van der Waals surface area contributed by atoms with Gasteiger partial charge in [0.25, 0.3) is 0 Å². The van der Waals surface area contributed by atoms with Crippen LogP contribution in [0.2, 0.25) is 0 Å². The molecule has 1 amide bonds. The Bertz CT molecular complexity index is 771. The molecular weight excluding hydrogens is 310 g/mol. The summed E-state index contributed by atoms with van der Waals surface area (Å²) in [6.45, 7) is 2.31. The van der Waals surface area contributed by atoms with Gasteiger partial charge in [0.15, 0.2) is 0 Å². The molecule has 0 bridgehead atoms. The van der Waals surface area contributed by atoms with Crippen molar-refractivity contribution in [3.8, 4) is 6.07 Å². The second-order valence-corrected chi connectivity index (χ2v) is 7.00. The van der Waals surface area contributed by atoms with Crippen LogP contribution in [-0.2, 0) is 11.2 Å². The third-order valence-electron chi connectivity index (χ3n) is 5.35. The first-order chi connectivity index (χ1) is 12.3. The van der Waals surface area contributed by atoms with Crippen molar-refractivity contribution in [2.45, 2.75) is 57.9 Å². The zero-order valence-corrected chi connectivity index (χ0v) is 15.0. The van der Waals surface area contributed by atoms with E-state index in [2.05, 4.69) is 47.1 Å². The highest BCUT2D eigenvalue weighted by Gasteiger charge is 2.33. The molecule has 4 nitrogen and oxygen atoms in total. The highest BCUT2D eigenvalue weighted by Crippen LogP contribution is 2.38. The molecule has 2 aromatic rings. The first-order valence-corrected chi connectivity index (χ1v) is 9.49. The lowest BCUT2D eigenvalue weighted by atomic mass is 9.83. The van der Waals surface area contributed by atoms with E-state index in [9.17, 15) is 4.79 Å². The number of aryl methyl sites for hydroxylation is 1. The van der Waals surface area contributed by atoms with E-state index >= 15 is 0 Å². The molecule has 4 heteroatoms. The van der Waals surface area contributed by atoms with Gasteiger partial charge in [0.05, 0.1) is 12.0 Å². The number of carbonyl (C=O) groups excluding carboxylic acids is 1. The van der Waals surface area contributed by atoms with Crippen LogP contribution in [-0.4, -0.2) is 17.0 Å². The Kier molecular flexibility index (Phi) is 5.75. The predicted octanol–water partition coefficient (Wildman–Crippen LogP) is 4.35. The third-order valence-corrected chi connectivity index (χ3v) is 5.35. The fourth-order valence-electron chi connectivity index (χ4n) is 4.16. The van der Waals surface area contributed by atoms with Gasteiger partial charge in [-0.05, 0) is 43.2 Å². The van der Waals surface area contributed by atoms with Crippen LogP contribution in [0.1, 0.15) is 57.2 Å². The minimum absolute atomic E-state index is 0.0328. The second kappa shape index (κ2) is 8.20. The second-order valence-electron chi connectivity index (χ2n) is 7.00. The molecule has 3 rings (SSSR count). The largest absolute Gasteiger partial charge is 0.343 e. The van der Waals surface area contributed by atoms with Crippen LogP contribution in [0.5, 0.6) is 0 Å². The zero-order chi connectivity index (χ0) is 17.6. The summed E-state index contributed by atoms with van der Waals surface area (Å²) >= 11 is 0. The van der Waals surface area contributed by atoms with Crippen LogP contribution in [0.3, 0.4) is 0 Å². The lowest BCUT2D eigenvalue weighted by Gasteiger charge is -2.33. The van der Waals surface area contributed by atoms with E-state index < -0.39 is 0 Å². The van der Waals surface area contributed by atoms with Gasteiger partial charge in [-0.2, -0.15) is 5.26 Å². The van der Waals surface area contributed by atoms with Gasteiger partial charge in [-0.1, -0.05) is 44.4 Å². The Balaban J connectivity index is 1.99. The van der Waals surface area contributed by atoms with Crippen molar-refractivity contribution in [3.05, 3.63) is 36.0 Å². The van der Waals surface area contributed by atoms with Crippen LogP contribution >= 0.6 is 0 Å². The summed E-state index contributed by atoms with van der Waals surface area (Å²) < 4.78 is 2.43. The van der Waals surface area contributed by atoms with Gasteiger partial charge in [-0.3, -0.25) is 4.79 Å². The predicted molar refractivity (Wildman–Crippen MR) is 100 cm³/mol. The number of unbranched alkanes of at least 4 members (excludes halogenated alkanes) is 1. The molecule has 1 aliphatic carbocycles. The standard InChI is InChI=1S/C21H27N3O/c1-2-3-9-17-15-16-8-4-6-11-19(16)24(17)20-12-7-5-10-18(20)21(25)23-14-13-22/h4,6,8,11,15,18,20H,2-3,5,7,9-10,12,14H2,1H3,(H,23,25)/t18-,20+/m1/s1. The van der Waals surface area contributed by atoms with Crippen LogP contribution in [0.4, 0.5) is 0 Å². The van der Waals surface area contributed by atoms with Gasteiger partial charge < -0.3 is 9.88 Å². The number of nitriles is 1. The fourth-order valence-corrected chi connectivity index (χ4v) is 4.16. The normalized spacial score (nSPS) is 20.3. The van der Waals surface area contributed by atoms with Crippen molar-refractivity contribution >= 4 is 16.8 Å². The molecule has 1 N–H and O–H groups in total. The van der Waals surface area contributed by atoms with Gasteiger partial charge in [0.2, 0.25) is 5.91 Å². The average Bonchev–Trinajstić information content (AvgIpc) is 3.02. The number of nitrogens with zero attached hydrogens (tertiary/aromatic N) is 2. The molecule has 0 spiro atoms. The molecule has 1 aromatic carbocycles. The smallest absolute Gasteiger partial charge is 0.226 e. The minimum Gasteiger partial charge on any atom is -0.343 e. The monoisotopic (exact) mass is 337 g/mol. The molecule has 1 fully saturated rings. The molecule has 25 heavy (non-hydrogen) atoms. The first-order valence-electron chi connectivity index (χ1n) is 9.49. The van der Waals surface area contributed by atoms with Crippen molar-refractivity contribution in [2.75, 3.05) is 6.54 Å². The number of rotatable bonds is 6. The van der Waals surface area contributed by atoms with Crippen molar-refractivity contribution in [3.63, 3.8) is 0 Å². The Morgan fingerprint density at radius 2 is 2.12 bits per heavy atom. The van der Waals surface area contributed by atoms with Crippen molar-refractivity contribution in [1.29, 1.82) is 5.26 Å². The number of aromatic nitrogens is 1. The maximum Gasteiger partial charge on any atom is 0.226 e. The number of benzene rings is 1. The van der Waals surface area contributed by atoms with Gasteiger partial charge in [-0.15, -0.1) is 0 Å². The number of amides is 1. The number of hydrogen-bond donors (Lipinski definition) is 1. The van der Waals surface area contributed by atoms with Gasteiger partial charge >= 0.3 is 0 Å². The Labute approximate surface area is 149 Å². The Morgan fingerprint density at radius 3 is 2.92 bits per heavy atom. The highest BCUT2D eigenvalue weighted by molar-refractivity contribution is 5.83. The lowest BCUT2D eigenvalue weighted by molar-refractivity contribution is -0.127. The molecule has 0 aliphatic heterocycles. The topological polar surface area (TPSA) is 57.8 Å². The molecular formula is C21H27N3O. The van der Waals surface area contributed by atoms with E-state index in [1.54, 1.807) is 0 Å². The van der Waals surface area contributed by atoms with E-state index in [0.717, 1.165) is 44.9 Å². The van der Waals surface area contributed by atoms with Crippen LogP contribution in [0, 0.1) is 17.2 Å². The summed E-state index contributed by atoms with van der Waals surface area (Å²) in [5, 5.41) is 12.8. The van der Waals surface area contributed by atoms with Crippen LogP contribution in [0.25, 0.3) is 10.9 Å². The van der Waals surface area contributed by atoms with Crippen molar-refractivity contribution in [1.82, 2.24) is 9.88 Å². The Hall–Kier alpha value is -2.28. The fraction of sp³-hybridized carbons (Fsp3) is 0.524. The number of carbonyl (C=O) groups is 1. The van der Waals surface area contributed by atoms with Crippen molar-refractivity contribution < 1.29 is 4.79 Å². The molecule has 1 aliphatic rings. The van der Waals surface area contributed by atoms with Gasteiger partial charge in [0, 0.05) is 17.3 Å². The van der Waals surface area contributed by atoms with E-state index in [0.29, 0.717) is 0 Å². The Morgan fingerprint density at radius 1 is 1.32 bits per heavy atom. The molecule has 2 atom stereocenters. The van der Waals surface area contributed by atoms with Crippen molar-refractivity contribution in [2.24, 2.45) is 5.92 Å². The molecule has 0 saturated heterocycles. The van der Waals surface area contributed by atoms with Crippen LogP contribution < -0.4 is 5.32 Å². The average molecular weight is 337 g/mol. The SMILES string of the molecule is CCCCc1cc2ccccc2n1[C@H]1CCCC[C@H]1C(=O)NCC#N. The summed E-state index contributed by atoms with van der Waals surface area (Å²) in [5.41, 5.74) is 2.58. The minimum atomic E-state index is -0.0433. The van der Waals surface area contributed by atoms with E-state index in [4.69, 9.17) is 5.26 Å². The number of para-hydroxylation sites is 1. The quantitative estimate of drug-likeness (QED) is 0.796. The number of fused-ring (bicyclic) bond motifs is 1. The highest BCUT2D eigenvalue weighted by atomic mass is 16.1. The number of hydrogen-bond acceptors (Lipinski definition) is 2. The third kappa shape index (κ3) is 3.71. The molecule has 1 aromatic heterocycles. The molecule has 0 unspecified atom stereocenters. The van der Waals surface area contributed by atoms with Gasteiger partial charge in [-0.25, -0.2) is 0 Å². The summed E-state index contributed by atoms with van der Waals surface area (Å²) in [6, 6.07) is 13.0. The summed E-state index contributed by atoms with van der Waals surface area (Å²) in [7, 11) is 0. The maximum absolute atomic E-state index is 12.6. The molecule has 0 radical (unpaired) electrons. The molecule has 1 heterocycles.